The summed E-state index contributed by atoms with van der Waals surface area (Å²) in [7, 11) is 0. The predicted molar refractivity (Wildman–Crippen MR) is 82.1 cm³/mol. The SMILES string of the molecule is Cc1ccc(C=CC(=O)O)cc1C(=O)NCC1CCCC1. The molecule has 0 aliphatic heterocycles. The van der Waals surface area contributed by atoms with Gasteiger partial charge in [0.2, 0.25) is 0 Å². The van der Waals surface area contributed by atoms with E-state index in [4.69, 9.17) is 5.11 Å². The fourth-order valence-electron chi connectivity index (χ4n) is 2.70. The van der Waals surface area contributed by atoms with Crippen LogP contribution in [-0.2, 0) is 4.79 Å². The normalized spacial score (nSPS) is 15.5. The Labute approximate surface area is 124 Å². The van der Waals surface area contributed by atoms with Crippen molar-refractivity contribution in [2.24, 2.45) is 5.92 Å². The molecule has 1 saturated carbocycles. The molecule has 1 aromatic carbocycles. The third kappa shape index (κ3) is 4.45. The summed E-state index contributed by atoms with van der Waals surface area (Å²) in [5, 5.41) is 11.6. The third-order valence-corrected chi connectivity index (χ3v) is 3.95. The standard InChI is InChI=1S/C17H21NO3/c1-12-6-7-13(8-9-16(19)20)10-15(12)17(21)18-11-14-4-2-3-5-14/h6-10,14H,2-5,11H2,1H3,(H,18,21)(H,19,20). The molecule has 112 valence electrons. The molecule has 0 heterocycles. The number of nitrogens with one attached hydrogen (secondary N) is 1. The second-order valence-corrected chi connectivity index (χ2v) is 5.61. The molecule has 1 amide bonds. The molecule has 0 unspecified atom stereocenters. The molecule has 1 aliphatic rings. The Morgan fingerprint density at radius 3 is 2.71 bits per heavy atom. The molecular weight excluding hydrogens is 266 g/mol. The van der Waals surface area contributed by atoms with Crippen LogP contribution in [0.4, 0.5) is 0 Å². The minimum absolute atomic E-state index is 0.0787. The Morgan fingerprint density at radius 2 is 2.05 bits per heavy atom. The number of hydrogen-bond donors (Lipinski definition) is 2. The number of aliphatic carboxylic acids is 1. The van der Waals surface area contributed by atoms with Crippen molar-refractivity contribution in [2.75, 3.05) is 6.54 Å². The molecule has 1 fully saturated rings. The van der Waals surface area contributed by atoms with Gasteiger partial charge in [-0.3, -0.25) is 4.79 Å². The van der Waals surface area contributed by atoms with Crippen molar-refractivity contribution in [3.05, 3.63) is 41.0 Å². The highest BCUT2D eigenvalue weighted by molar-refractivity contribution is 5.96. The summed E-state index contributed by atoms with van der Waals surface area (Å²) >= 11 is 0. The van der Waals surface area contributed by atoms with Crippen LogP contribution in [0.25, 0.3) is 6.08 Å². The fraction of sp³-hybridized carbons (Fsp3) is 0.412. The van der Waals surface area contributed by atoms with E-state index in [0.717, 1.165) is 18.2 Å². The van der Waals surface area contributed by atoms with Crippen molar-refractivity contribution in [3.8, 4) is 0 Å². The fourth-order valence-corrected chi connectivity index (χ4v) is 2.70. The Bertz CT molecular complexity index is 557. The average Bonchev–Trinajstić information content (AvgIpc) is 2.97. The minimum Gasteiger partial charge on any atom is -0.478 e. The van der Waals surface area contributed by atoms with Crippen LogP contribution in [0.15, 0.2) is 24.3 Å². The number of carboxylic acids is 1. The van der Waals surface area contributed by atoms with Gasteiger partial charge in [-0.15, -0.1) is 0 Å². The molecule has 21 heavy (non-hydrogen) atoms. The summed E-state index contributed by atoms with van der Waals surface area (Å²) in [6.07, 6.45) is 7.48. The van der Waals surface area contributed by atoms with E-state index < -0.39 is 5.97 Å². The first-order valence-electron chi connectivity index (χ1n) is 7.36. The third-order valence-electron chi connectivity index (χ3n) is 3.95. The van der Waals surface area contributed by atoms with Crippen molar-refractivity contribution in [1.29, 1.82) is 0 Å². The van der Waals surface area contributed by atoms with Gasteiger partial charge in [-0.25, -0.2) is 4.79 Å². The van der Waals surface area contributed by atoms with Crippen molar-refractivity contribution in [3.63, 3.8) is 0 Å². The van der Waals surface area contributed by atoms with Crippen LogP contribution < -0.4 is 5.32 Å². The first kappa shape index (κ1) is 15.3. The van der Waals surface area contributed by atoms with E-state index in [-0.39, 0.29) is 5.91 Å². The molecule has 0 spiro atoms. The summed E-state index contributed by atoms with van der Waals surface area (Å²) in [5.41, 5.74) is 2.22. The van der Waals surface area contributed by atoms with Gasteiger partial charge in [0.1, 0.15) is 0 Å². The molecule has 0 atom stereocenters. The monoisotopic (exact) mass is 287 g/mol. The van der Waals surface area contributed by atoms with Crippen LogP contribution in [0, 0.1) is 12.8 Å². The van der Waals surface area contributed by atoms with E-state index in [1.807, 2.05) is 19.1 Å². The van der Waals surface area contributed by atoms with E-state index in [2.05, 4.69) is 5.32 Å². The smallest absolute Gasteiger partial charge is 0.328 e. The number of carbonyl (C=O) groups is 2. The van der Waals surface area contributed by atoms with Gasteiger partial charge in [-0.2, -0.15) is 0 Å². The molecule has 0 bridgehead atoms. The Morgan fingerprint density at radius 1 is 1.33 bits per heavy atom. The van der Waals surface area contributed by atoms with Gasteiger partial charge in [-0.1, -0.05) is 25.0 Å². The second kappa shape index (κ2) is 7.07. The van der Waals surface area contributed by atoms with E-state index in [9.17, 15) is 9.59 Å². The Kier molecular flexibility index (Phi) is 5.14. The lowest BCUT2D eigenvalue weighted by atomic mass is 10.0. The lowest BCUT2D eigenvalue weighted by Gasteiger charge is -2.12. The molecule has 2 N–H and O–H groups in total. The molecule has 1 aliphatic carbocycles. The van der Waals surface area contributed by atoms with Crippen LogP contribution in [0.2, 0.25) is 0 Å². The van der Waals surface area contributed by atoms with Crippen LogP contribution >= 0.6 is 0 Å². The molecule has 4 nitrogen and oxygen atoms in total. The molecular formula is C17H21NO3. The number of hydrogen-bond acceptors (Lipinski definition) is 2. The average molecular weight is 287 g/mol. The predicted octanol–water partition coefficient (Wildman–Crippen LogP) is 3.01. The van der Waals surface area contributed by atoms with Gasteiger partial charge in [-0.05, 0) is 49.0 Å². The maximum Gasteiger partial charge on any atom is 0.328 e. The molecule has 4 heteroatoms. The van der Waals surface area contributed by atoms with Gasteiger partial charge >= 0.3 is 5.97 Å². The van der Waals surface area contributed by atoms with Crippen LogP contribution in [0.5, 0.6) is 0 Å². The van der Waals surface area contributed by atoms with E-state index in [1.54, 1.807) is 6.07 Å². The van der Waals surface area contributed by atoms with E-state index >= 15 is 0 Å². The van der Waals surface area contributed by atoms with Gasteiger partial charge < -0.3 is 10.4 Å². The van der Waals surface area contributed by atoms with Crippen molar-refractivity contribution >= 4 is 18.0 Å². The van der Waals surface area contributed by atoms with Crippen LogP contribution in [-0.4, -0.2) is 23.5 Å². The van der Waals surface area contributed by atoms with Crippen LogP contribution in [0.3, 0.4) is 0 Å². The van der Waals surface area contributed by atoms with E-state index in [0.29, 0.717) is 17.0 Å². The summed E-state index contributed by atoms with van der Waals surface area (Å²) in [5.74, 6) is -0.475. The number of rotatable bonds is 5. The first-order chi connectivity index (χ1) is 10.1. The summed E-state index contributed by atoms with van der Waals surface area (Å²) in [6, 6.07) is 5.38. The lowest BCUT2D eigenvalue weighted by Crippen LogP contribution is -2.28. The van der Waals surface area contributed by atoms with E-state index in [1.165, 1.54) is 31.8 Å². The number of amides is 1. The Hall–Kier alpha value is -2.10. The molecule has 0 radical (unpaired) electrons. The molecule has 0 saturated heterocycles. The zero-order valence-corrected chi connectivity index (χ0v) is 12.3. The number of carbonyl (C=O) groups excluding carboxylic acids is 1. The Balaban J connectivity index is 2.04. The first-order valence-corrected chi connectivity index (χ1v) is 7.36. The van der Waals surface area contributed by atoms with Crippen molar-refractivity contribution in [1.82, 2.24) is 5.32 Å². The summed E-state index contributed by atoms with van der Waals surface area (Å²) < 4.78 is 0. The maximum atomic E-state index is 12.3. The lowest BCUT2D eigenvalue weighted by molar-refractivity contribution is -0.131. The minimum atomic E-state index is -0.997. The molecule has 1 aromatic rings. The quantitative estimate of drug-likeness (QED) is 0.818. The molecule has 2 rings (SSSR count). The van der Waals surface area contributed by atoms with Gasteiger partial charge in [0, 0.05) is 18.2 Å². The van der Waals surface area contributed by atoms with Gasteiger partial charge in [0.25, 0.3) is 5.91 Å². The van der Waals surface area contributed by atoms with Crippen LogP contribution in [0.1, 0.15) is 47.2 Å². The summed E-state index contributed by atoms with van der Waals surface area (Å²) in [4.78, 5) is 22.8. The topological polar surface area (TPSA) is 66.4 Å². The molecule has 0 aromatic heterocycles. The van der Waals surface area contributed by atoms with Gasteiger partial charge in [0.15, 0.2) is 0 Å². The van der Waals surface area contributed by atoms with Crippen molar-refractivity contribution < 1.29 is 14.7 Å². The zero-order valence-electron chi connectivity index (χ0n) is 12.3. The van der Waals surface area contributed by atoms with Gasteiger partial charge in [0.05, 0.1) is 0 Å². The van der Waals surface area contributed by atoms with Crippen molar-refractivity contribution in [2.45, 2.75) is 32.6 Å². The highest BCUT2D eigenvalue weighted by atomic mass is 16.4. The number of benzene rings is 1. The largest absolute Gasteiger partial charge is 0.478 e. The summed E-state index contributed by atoms with van der Waals surface area (Å²) in [6.45, 7) is 2.61. The second-order valence-electron chi connectivity index (χ2n) is 5.61. The number of aryl methyl sites for hydroxylation is 1. The highest BCUT2D eigenvalue weighted by Gasteiger charge is 2.16. The zero-order chi connectivity index (χ0) is 15.2. The number of carboxylic acid groups (broad SMARTS) is 1. The maximum absolute atomic E-state index is 12.3. The highest BCUT2D eigenvalue weighted by Crippen LogP contribution is 2.24.